The van der Waals surface area contributed by atoms with E-state index in [9.17, 15) is 5.11 Å². The first-order chi connectivity index (χ1) is 11.0. The highest BCUT2D eigenvalue weighted by molar-refractivity contribution is 6.01. The van der Waals surface area contributed by atoms with Gasteiger partial charge in [0.15, 0.2) is 6.10 Å². The number of aryl methyl sites for hydroxylation is 1. The van der Waals surface area contributed by atoms with Crippen LogP contribution in [0.1, 0.15) is 36.5 Å². The highest BCUT2D eigenvalue weighted by Gasteiger charge is 2.58. The lowest BCUT2D eigenvalue weighted by Gasteiger charge is -2.24. The molecule has 2 unspecified atom stereocenters. The largest absolute Gasteiger partial charge is 0.381 e. The minimum absolute atomic E-state index is 0.0572. The smallest absolute Gasteiger partial charge is 0.264 e. The van der Waals surface area contributed by atoms with Crippen molar-refractivity contribution < 1.29 is 14.7 Å². The van der Waals surface area contributed by atoms with Gasteiger partial charge in [0.2, 0.25) is 5.54 Å². The fourth-order valence-electron chi connectivity index (χ4n) is 3.70. The molecule has 0 radical (unpaired) electrons. The highest BCUT2D eigenvalue weighted by atomic mass is 16.7. The molecule has 23 heavy (non-hydrogen) atoms. The molecule has 0 aromatic heterocycles. The third-order valence-electron chi connectivity index (χ3n) is 4.79. The summed E-state index contributed by atoms with van der Waals surface area (Å²) in [4.78, 5) is 5.68. The number of benzene rings is 2. The lowest BCUT2D eigenvalue weighted by Crippen LogP contribution is -2.38. The van der Waals surface area contributed by atoms with Crippen molar-refractivity contribution in [3.63, 3.8) is 0 Å². The third-order valence-corrected chi connectivity index (χ3v) is 4.79. The number of aliphatic hydroxyl groups excluding tert-OH is 1. The summed E-state index contributed by atoms with van der Waals surface area (Å²) < 4.78 is 1.86. The maximum atomic E-state index is 11.1. The standard InChI is InChI=1S/C20H24NO2/c1-14-10-12-15(13-11-14)17-19(22)18(16-8-6-5-7-9-16)21(23-4)20(17,2)3/h5-13,17,19,22H,1-4H3/q+1. The van der Waals surface area contributed by atoms with Crippen LogP contribution in [0.2, 0.25) is 0 Å². The maximum absolute atomic E-state index is 11.1. The Hall–Kier alpha value is -2.13. The summed E-state index contributed by atoms with van der Waals surface area (Å²) in [5.41, 5.74) is 3.80. The van der Waals surface area contributed by atoms with Crippen LogP contribution in [0.5, 0.6) is 0 Å². The highest BCUT2D eigenvalue weighted by Crippen LogP contribution is 2.41. The topological polar surface area (TPSA) is 32.5 Å². The fraction of sp³-hybridized carbons (Fsp3) is 0.350. The Bertz CT molecular complexity index is 717. The molecule has 120 valence electrons. The molecule has 2 atom stereocenters. The van der Waals surface area contributed by atoms with Gasteiger partial charge in [-0.2, -0.15) is 0 Å². The van der Waals surface area contributed by atoms with E-state index in [0.717, 1.165) is 16.8 Å². The number of hydroxylamine groups is 1. The van der Waals surface area contributed by atoms with Gasteiger partial charge in [0, 0.05) is 19.4 Å². The number of aliphatic hydroxyl groups is 1. The quantitative estimate of drug-likeness (QED) is 0.882. The molecule has 0 saturated heterocycles. The Labute approximate surface area is 137 Å². The molecule has 1 N–H and O–H groups in total. The van der Waals surface area contributed by atoms with Crippen molar-refractivity contribution in [2.75, 3.05) is 7.11 Å². The molecule has 3 nitrogen and oxygen atoms in total. The molecule has 0 fully saturated rings. The molecule has 2 aromatic carbocycles. The minimum atomic E-state index is -0.616. The average molecular weight is 310 g/mol. The average Bonchev–Trinajstić information content (AvgIpc) is 2.74. The van der Waals surface area contributed by atoms with Crippen molar-refractivity contribution in [1.29, 1.82) is 0 Å². The van der Waals surface area contributed by atoms with E-state index in [1.54, 1.807) is 7.11 Å². The first-order valence-electron chi connectivity index (χ1n) is 7.98. The second-order valence-electron chi connectivity index (χ2n) is 6.72. The van der Waals surface area contributed by atoms with Gasteiger partial charge in [0.05, 0.1) is 5.92 Å². The second kappa shape index (κ2) is 5.82. The van der Waals surface area contributed by atoms with Crippen molar-refractivity contribution in [3.8, 4) is 0 Å². The van der Waals surface area contributed by atoms with Gasteiger partial charge >= 0.3 is 0 Å². The van der Waals surface area contributed by atoms with Crippen LogP contribution in [0.3, 0.4) is 0 Å². The first-order valence-corrected chi connectivity index (χ1v) is 7.98. The van der Waals surface area contributed by atoms with Gasteiger partial charge in [-0.3, -0.25) is 4.84 Å². The molecule has 0 bridgehead atoms. The third kappa shape index (κ3) is 2.55. The van der Waals surface area contributed by atoms with E-state index in [0.29, 0.717) is 0 Å². The Kier molecular flexibility index (Phi) is 3.99. The predicted molar refractivity (Wildman–Crippen MR) is 91.8 cm³/mol. The van der Waals surface area contributed by atoms with E-state index in [4.69, 9.17) is 4.84 Å². The number of rotatable bonds is 3. The molecule has 1 aliphatic heterocycles. The van der Waals surface area contributed by atoms with Gasteiger partial charge in [-0.15, -0.1) is 0 Å². The second-order valence-corrected chi connectivity index (χ2v) is 6.72. The Morgan fingerprint density at radius 3 is 2.17 bits per heavy atom. The Morgan fingerprint density at radius 1 is 1.00 bits per heavy atom. The van der Waals surface area contributed by atoms with E-state index in [-0.39, 0.29) is 11.5 Å². The maximum Gasteiger partial charge on any atom is 0.264 e. The molecule has 0 saturated carbocycles. The van der Waals surface area contributed by atoms with Gasteiger partial charge in [0.1, 0.15) is 7.11 Å². The first kappa shape index (κ1) is 15.8. The summed E-state index contributed by atoms with van der Waals surface area (Å²) in [6, 6.07) is 18.4. The lowest BCUT2D eigenvalue weighted by molar-refractivity contribution is -0.822. The van der Waals surface area contributed by atoms with Gasteiger partial charge in [0.25, 0.3) is 5.71 Å². The van der Waals surface area contributed by atoms with Crippen molar-refractivity contribution in [3.05, 3.63) is 71.3 Å². The minimum Gasteiger partial charge on any atom is -0.381 e. The number of hydrogen-bond donors (Lipinski definition) is 1. The van der Waals surface area contributed by atoms with E-state index >= 15 is 0 Å². The van der Waals surface area contributed by atoms with E-state index < -0.39 is 6.10 Å². The normalized spacial score (nSPS) is 23.2. The van der Waals surface area contributed by atoms with Crippen LogP contribution in [0.25, 0.3) is 0 Å². The van der Waals surface area contributed by atoms with E-state index in [1.807, 2.05) is 35.1 Å². The van der Waals surface area contributed by atoms with Crippen LogP contribution >= 0.6 is 0 Å². The van der Waals surface area contributed by atoms with Crippen LogP contribution in [0.15, 0.2) is 54.6 Å². The summed E-state index contributed by atoms with van der Waals surface area (Å²) in [6.07, 6.45) is -0.616. The van der Waals surface area contributed by atoms with Crippen LogP contribution < -0.4 is 0 Å². The van der Waals surface area contributed by atoms with Gasteiger partial charge in [-0.1, -0.05) is 48.0 Å². The van der Waals surface area contributed by atoms with Crippen molar-refractivity contribution in [2.45, 2.75) is 38.3 Å². The van der Waals surface area contributed by atoms with Crippen LogP contribution in [-0.4, -0.2) is 34.3 Å². The SMILES string of the molecule is CO[N+]1=C(c2ccccc2)C(O)C(c2ccc(C)cc2)C1(C)C. The Balaban J connectivity index is 2.12. The zero-order valence-electron chi connectivity index (χ0n) is 14.2. The summed E-state index contributed by atoms with van der Waals surface area (Å²) in [6.45, 7) is 6.29. The van der Waals surface area contributed by atoms with Crippen molar-refractivity contribution >= 4 is 5.71 Å². The number of nitrogens with zero attached hydrogens (tertiary/aromatic N) is 1. The van der Waals surface area contributed by atoms with Gasteiger partial charge in [-0.25, -0.2) is 0 Å². The molecule has 2 aromatic rings. The Morgan fingerprint density at radius 2 is 1.61 bits per heavy atom. The van der Waals surface area contributed by atoms with Crippen molar-refractivity contribution in [1.82, 2.24) is 0 Å². The predicted octanol–water partition coefficient (Wildman–Crippen LogP) is 3.29. The summed E-state index contributed by atoms with van der Waals surface area (Å²) >= 11 is 0. The molecular weight excluding hydrogens is 286 g/mol. The molecular formula is C20H24NO2+. The molecule has 1 aliphatic rings. The number of hydrogen-bond acceptors (Lipinski definition) is 2. The van der Waals surface area contributed by atoms with Crippen LogP contribution in [-0.2, 0) is 4.84 Å². The van der Waals surface area contributed by atoms with Gasteiger partial charge in [-0.05, 0) is 29.4 Å². The molecule has 0 amide bonds. The van der Waals surface area contributed by atoms with E-state index in [2.05, 4.69) is 45.0 Å². The summed E-state index contributed by atoms with van der Waals surface area (Å²) in [5, 5.41) is 11.1. The molecule has 0 aliphatic carbocycles. The zero-order chi connectivity index (χ0) is 16.6. The monoisotopic (exact) mass is 310 g/mol. The fourth-order valence-corrected chi connectivity index (χ4v) is 3.70. The molecule has 0 spiro atoms. The molecule has 1 heterocycles. The summed E-state index contributed by atoms with van der Waals surface area (Å²) in [5.74, 6) is -0.0572. The van der Waals surface area contributed by atoms with E-state index in [1.165, 1.54) is 5.56 Å². The molecule has 3 rings (SSSR count). The lowest BCUT2D eigenvalue weighted by atomic mass is 9.79. The molecule has 3 heteroatoms. The zero-order valence-corrected chi connectivity index (χ0v) is 14.2. The van der Waals surface area contributed by atoms with Crippen molar-refractivity contribution in [2.24, 2.45) is 0 Å². The van der Waals surface area contributed by atoms with Crippen LogP contribution in [0.4, 0.5) is 0 Å². The summed E-state index contributed by atoms with van der Waals surface area (Å²) in [7, 11) is 1.66. The van der Waals surface area contributed by atoms with Gasteiger partial charge < -0.3 is 5.11 Å². The van der Waals surface area contributed by atoms with Crippen LogP contribution in [0, 0.1) is 6.92 Å².